The standard InChI is InChI=1S/C17H19NO8S/c19-5-13-14(22)15(23)16(24)17(26-13)25-9-1-2-10(12(21)4-9)11(20)3-8-6-27-7-18-8/h1-2,4,6-7,13-17,19,21-24H,3,5H2/t13-,14+,15-,16+,17-/m1/s1. The first kappa shape index (κ1) is 19.7. The molecule has 5 N–H and O–H groups in total. The summed E-state index contributed by atoms with van der Waals surface area (Å²) >= 11 is 1.37. The van der Waals surface area contributed by atoms with Crippen LogP contribution in [0.15, 0.2) is 29.1 Å². The summed E-state index contributed by atoms with van der Waals surface area (Å²) in [5, 5.41) is 50.5. The topological polar surface area (TPSA) is 150 Å². The number of benzene rings is 1. The molecule has 1 aliphatic rings. The second-order valence-corrected chi connectivity index (χ2v) is 6.79. The Kier molecular flexibility index (Phi) is 6.05. The zero-order valence-electron chi connectivity index (χ0n) is 14.0. The second kappa shape index (κ2) is 8.30. The lowest BCUT2D eigenvalue weighted by atomic mass is 9.99. The fraction of sp³-hybridized carbons (Fsp3) is 0.412. The Morgan fingerprint density at radius 2 is 2.00 bits per heavy atom. The van der Waals surface area contributed by atoms with Crippen LogP contribution in [0.2, 0.25) is 0 Å². The molecule has 1 aliphatic heterocycles. The maximum Gasteiger partial charge on any atom is 0.229 e. The molecule has 3 rings (SSSR count). The number of Topliss-reactive ketones (excluding diaryl/α,β-unsaturated/α-hetero) is 1. The molecule has 1 aromatic heterocycles. The number of hydrogen-bond donors (Lipinski definition) is 5. The van der Waals surface area contributed by atoms with Crippen LogP contribution < -0.4 is 4.74 Å². The smallest absolute Gasteiger partial charge is 0.229 e. The van der Waals surface area contributed by atoms with Gasteiger partial charge in [0.25, 0.3) is 0 Å². The number of aliphatic hydroxyl groups excluding tert-OH is 4. The van der Waals surface area contributed by atoms with Gasteiger partial charge < -0.3 is 35.0 Å². The van der Waals surface area contributed by atoms with Gasteiger partial charge in [0.1, 0.15) is 35.9 Å². The van der Waals surface area contributed by atoms with E-state index in [0.29, 0.717) is 5.69 Å². The fourth-order valence-corrected chi connectivity index (χ4v) is 3.26. The van der Waals surface area contributed by atoms with E-state index in [1.54, 1.807) is 10.9 Å². The summed E-state index contributed by atoms with van der Waals surface area (Å²) in [5.41, 5.74) is 2.30. The summed E-state index contributed by atoms with van der Waals surface area (Å²) in [6.07, 6.45) is -7.09. The van der Waals surface area contributed by atoms with Crippen molar-refractivity contribution in [1.29, 1.82) is 0 Å². The first-order chi connectivity index (χ1) is 12.9. The number of hydrogen-bond acceptors (Lipinski definition) is 10. The number of phenolic OH excluding ortho intramolecular Hbond substituents is 1. The lowest BCUT2D eigenvalue weighted by Crippen LogP contribution is -2.60. The van der Waals surface area contributed by atoms with Gasteiger partial charge in [0.15, 0.2) is 5.78 Å². The number of phenols is 1. The Morgan fingerprint density at radius 3 is 2.63 bits per heavy atom. The van der Waals surface area contributed by atoms with Crippen molar-refractivity contribution in [1.82, 2.24) is 4.98 Å². The van der Waals surface area contributed by atoms with Gasteiger partial charge in [-0.25, -0.2) is 4.98 Å². The maximum atomic E-state index is 12.3. The molecule has 27 heavy (non-hydrogen) atoms. The van der Waals surface area contributed by atoms with E-state index < -0.39 is 37.3 Å². The summed E-state index contributed by atoms with van der Waals surface area (Å²) in [6, 6.07) is 3.94. The van der Waals surface area contributed by atoms with Crippen molar-refractivity contribution in [2.75, 3.05) is 6.61 Å². The first-order valence-corrected chi connectivity index (χ1v) is 9.05. The molecular weight excluding hydrogens is 378 g/mol. The van der Waals surface area contributed by atoms with Crippen LogP contribution in [0.4, 0.5) is 0 Å². The average molecular weight is 397 g/mol. The summed E-state index contributed by atoms with van der Waals surface area (Å²) < 4.78 is 10.6. The van der Waals surface area contributed by atoms with Crippen molar-refractivity contribution in [2.24, 2.45) is 0 Å². The minimum Gasteiger partial charge on any atom is -0.507 e. The molecule has 0 radical (unpaired) electrons. The lowest BCUT2D eigenvalue weighted by molar-refractivity contribution is -0.277. The number of ether oxygens (including phenoxy) is 2. The fourth-order valence-electron chi connectivity index (χ4n) is 2.70. The summed E-state index contributed by atoms with van der Waals surface area (Å²) in [5.74, 6) is -0.572. The van der Waals surface area contributed by atoms with Gasteiger partial charge in [-0.05, 0) is 12.1 Å². The van der Waals surface area contributed by atoms with Gasteiger partial charge in [0.05, 0.1) is 29.8 Å². The van der Waals surface area contributed by atoms with E-state index in [0.717, 1.165) is 0 Å². The second-order valence-electron chi connectivity index (χ2n) is 6.07. The molecule has 9 nitrogen and oxygen atoms in total. The van der Waals surface area contributed by atoms with Crippen molar-refractivity contribution in [2.45, 2.75) is 37.1 Å². The van der Waals surface area contributed by atoms with Gasteiger partial charge in [0, 0.05) is 11.4 Å². The van der Waals surface area contributed by atoms with Gasteiger partial charge in [-0.3, -0.25) is 4.79 Å². The van der Waals surface area contributed by atoms with Gasteiger partial charge in [-0.15, -0.1) is 11.3 Å². The number of carbonyl (C=O) groups is 1. The molecule has 2 heterocycles. The van der Waals surface area contributed by atoms with Crippen LogP contribution in [-0.4, -0.2) is 73.6 Å². The zero-order chi connectivity index (χ0) is 19.6. The van der Waals surface area contributed by atoms with Gasteiger partial charge in [-0.1, -0.05) is 0 Å². The largest absolute Gasteiger partial charge is 0.507 e. The predicted molar refractivity (Wildman–Crippen MR) is 92.7 cm³/mol. The van der Waals surface area contributed by atoms with Crippen molar-refractivity contribution in [3.05, 3.63) is 40.3 Å². The van der Waals surface area contributed by atoms with Gasteiger partial charge in [-0.2, -0.15) is 0 Å². The Labute approximate surface area is 158 Å². The molecular formula is C17H19NO8S. The third-order valence-electron chi connectivity index (χ3n) is 4.20. The molecule has 0 aliphatic carbocycles. The van der Waals surface area contributed by atoms with E-state index in [9.17, 15) is 30.3 Å². The SMILES string of the molecule is O=C(Cc1cscn1)c1ccc(O[C@@H]2O[C@H](CO)[C@H](O)[C@@H](O)[C@@H]2O)cc1O. The van der Waals surface area contributed by atoms with E-state index in [1.165, 1.54) is 29.5 Å². The van der Waals surface area contributed by atoms with E-state index in [-0.39, 0.29) is 29.3 Å². The molecule has 0 bridgehead atoms. The molecule has 1 fully saturated rings. The Morgan fingerprint density at radius 1 is 1.22 bits per heavy atom. The normalized spacial score (nSPS) is 28.1. The molecule has 0 spiro atoms. The number of nitrogens with zero attached hydrogens (tertiary/aromatic N) is 1. The van der Waals surface area contributed by atoms with Gasteiger partial charge in [0.2, 0.25) is 6.29 Å². The monoisotopic (exact) mass is 397 g/mol. The molecule has 0 saturated carbocycles. The van der Waals surface area contributed by atoms with E-state index in [1.807, 2.05) is 0 Å². The van der Waals surface area contributed by atoms with Crippen LogP contribution in [0.5, 0.6) is 11.5 Å². The molecule has 146 valence electrons. The zero-order valence-corrected chi connectivity index (χ0v) is 14.8. The summed E-state index contributed by atoms with van der Waals surface area (Å²) in [7, 11) is 0. The number of carbonyl (C=O) groups excluding carboxylic acids is 1. The van der Waals surface area contributed by atoms with Crippen molar-refractivity contribution < 1.29 is 39.8 Å². The first-order valence-electron chi connectivity index (χ1n) is 8.11. The number of rotatable bonds is 6. The van der Waals surface area contributed by atoms with Crippen molar-refractivity contribution >= 4 is 17.1 Å². The molecule has 1 saturated heterocycles. The Bertz CT molecular complexity index is 781. The number of aromatic hydroxyl groups is 1. The highest BCUT2D eigenvalue weighted by Crippen LogP contribution is 2.29. The van der Waals surface area contributed by atoms with Crippen LogP contribution in [-0.2, 0) is 11.2 Å². The van der Waals surface area contributed by atoms with Crippen LogP contribution in [0.3, 0.4) is 0 Å². The number of aromatic nitrogens is 1. The predicted octanol–water partition coefficient (Wildman–Crippen LogP) is -0.547. The highest BCUT2D eigenvalue weighted by molar-refractivity contribution is 7.07. The maximum absolute atomic E-state index is 12.3. The quantitative estimate of drug-likeness (QED) is 0.405. The Hall–Kier alpha value is -2.08. The van der Waals surface area contributed by atoms with Crippen molar-refractivity contribution in [3.63, 3.8) is 0 Å². The molecule has 0 amide bonds. The third-order valence-corrected chi connectivity index (χ3v) is 4.83. The molecule has 2 aromatic rings. The number of ketones is 1. The number of aliphatic hydroxyl groups is 4. The molecule has 0 unspecified atom stereocenters. The van der Waals surface area contributed by atoms with Crippen LogP contribution >= 0.6 is 11.3 Å². The minimum absolute atomic E-state index is 0.0456. The molecule has 1 aromatic carbocycles. The number of thiazole rings is 1. The van der Waals surface area contributed by atoms with E-state index in [2.05, 4.69) is 4.98 Å². The molecule has 10 heteroatoms. The lowest BCUT2D eigenvalue weighted by Gasteiger charge is -2.39. The van der Waals surface area contributed by atoms with E-state index in [4.69, 9.17) is 9.47 Å². The minimum atomic E-state index is -1.58. The highest BCUT2D eigenvalue weighted by Gasteiger charge is 2.44. The van der Waals surface area contributed by atoms with Crippen molar-refractivity contribution in [3.8, 4) is 11.5 Å². The highest BCUT2D eigenvalue weighted by atomic mass is 32.1. The summed E-state index contributed by atoms with van der Waals surface area (Å²) in [4.78, 5) is 16.3. The average Bonchev–Trinajstić information content (AvgIpc) is 3.15. The van der Waals surface area contributed by atoms with Crippen LogP contribution in [0.1, 0.15) is 16.1 Å². The third kappa shape index (κ3) is 4.26. The van der Waals surface area contributed by atoms with E-state index >= 15 is 0 Å². The van der Waals surface area contributed by atoms with Crippen LogP contribution in [0.25, 0.3) is 0 Å². The Balaban J connectivity index is 1.71. The summed E-state index contributed by atoms with van der Waals surface area (Å²) in [6.45, 7) is -0.583. The van der Waals surface area contributed by atoms with Crippen LogP contribution in [0, 0.1) is 0 Å². The molecule has 5 atom stereocenters. The van der Waals surface area contributed by atoms with Gasteiger partial charge >= 0.3 is 0 Å².